The van der Waals surface area contributed by atoms with Gasteiger partial charge in [0.2, 0.25) is 5.91 Å². The molecule has 6 nitrogen and oxygen atoms in total. The molecule has 1 aromatic rings. The van der Waals surface area contributed by atoms with Gasteiger partial charge in [0, 0.05) is 18.7 Å². The summed E-state index contributed by atoms with van der Waals surface area (Å²) in [7, 11) is 1.42. The highest BCUT2D eigenvalue weighted by molar-refractivity contribution is 6.32. The second-order valence-electron chi connectivity index (χ2n) is 4.03. The highest BCUT2D eigenvalue weighted by atomic mass is 35.5. The Morgan fingerprint density at radius 2 is 2.05 bits per heavy atom. The molecule has 8 heteroatoms. The average molecular weight is 329 g/mol. The lowest BCUT2D eigenvalue weighted by molar-refractivity contribution is -0.143. The zero-order chi connectivity index (χ0) is 16.5. The van der Waals surface area contributed by atoms with Crippen molar-refractivity contribution in [2.45, 2.75) is 0 Å². The summed E-state index contributed by atoms with van der Waals surface area (Å²) in [6, 6.07) is 4.11. The molecule has 0 aliphatic heterocycles. The summed E-state index contributed by atoms with van der Waals surface area (Å²) in [5.41, 5.74) is 0.0465. The van der Waals surface area contributed by atoms with Crippen molar-refractivity contribution in [3.8, 4) is 0 Å². The number of likely N-dealkylation sites (N-methyl/N-ethyl adjacent to an activating group) is 1. The van der Waals surface area contributed by atoms with Gasteiger partial charge in [0.15, 0.2) is 6.61 Å². The van der Waals surface area contributed by atoms with Gasteiger partial charge >= 0.3 is 5.97 Å². The molecule has 2 amide bonds. The number of halogens is 2. The molecule has 2 N–H and O–H groups in total. The standard InChI is InChI=1S/C14H14ClFN2O4/c1-17-12(19)7-18-13(20)8-22-14(21)6-5-9-10(15)3-2-4-11(9)16/h2-6H,7-8H2,1H3,(H,17,19)(H,18,20)/b6-5+. The molecule has 0 saturated carbocycles. The van der Waals surface area contributed by atoms with Crippen LogP contribution in [0.2, 0.25) is 5.02 Å². The summed E-state index contributed by atoms with van der Waals surface area (Å²) in [5.74, 6) is -2.43. The van der Waals surface area contributed by atoms with Gasteiger partial charge in [-0.05, 0) is 18.2 Å². The molecule has 1 rings (SSSR count). The first-order valence-electron chi connectivity index (χ1n) is 6.20. The molecular weight excluding hydrogens is 315 g/mol. The Labute approximate surface area is 131 Å². The Kier molecular flexibility index (Phi) is 7.04. The first kappa shape index (κ1) is 17.6. The second kappa shape index (κ2) is 8.78. The lowest BCUT2D eigenvalue weighted by Crippen LogP contribution is -2.37. The molecular formula is C14H14ClFN2O4. The van der Waals surface area contributed by atoms with Gasteiger partial charge in [0.25, 0.3) is 5.91 Å². The Hall–Kier alpha value is -2.41. The van der Waals surface area contributed by atoms with Crippen LogP contribution < -0.4 is 10.6 Å². The molecule has 0 fully saturated rings. The molecule has 0 atom stereocenters. The summed E-state index contributed by atoms with van der Waals surface area (Å²) in [4.78, 5) is 33.6. The van der Waals surface area contributed by atoms with Gasteiger partial charge in [-0.2, -0.15) is 0 Å². The first-order chi connectivity index (χ1) is 10.4. The molecule has 22 heavy (non-hydrogen) atoms. The van der Waals surface area contributed by atoms with Crippen LogP contribution in [0.5, 0.6) is 0 Å². The van der Waals surface area contributed by atoms with Crippen LogP contribution in [-0.2, 0) is 19.1 Å². The normalized spacial score (nSPS) is 10.3. The molecule has 0 radical (unpaired) electrons. The van der Waals surface area contributed by atoms with Gasteiger partial charge in [-0.3, -0.25) is 9.59 Å². The van der Waals surface area contributed by atoms with E-state index in [1.165, 1.54) is 25.2 Å². The number of ether oxygens (including phenoxy) is 1. The van der Waals surface area contributed by atoms with E-state index in [-0.39, 0.29) is 23.0 Å². The maximum Gasteiger partial charge on any atom is 0.331 e. The molecule has 0 aliphatic rings. The van der Waals surface area contributed by atoms with E-state index in [1.807, 2.05) is 0 Å². The minimum atomic E-state index is -0.839. The second-order valence-corrected chi connectivity index (χ2v) is 4.43. The van der Waals surface area contributed by atoms with Crippen molar-refractivity contribution in [3.05, 3.63) is 40.7 Å². The van der Waals surface area contributed by atoms with E-state index in [2.05, 4.69) is 15.4 Å². The molecule has 118 valence electrons. The average Bonchev–Trinajstić information content (AvgIpc) is 2.50. The predicted molar refractivity (Wildman–Crippen MR) is 78.5 cm³/mol. The largest absolute Gasteiger partial charge is 0.452 e. The van der Waals surface area contributed by atoms with E-state index in [1.54, 1.807) is 0 Å². The third kappa shape index (κ3) is 5.92. The summed E-state index contributed by atoms with van der Waals surface area (Å²) in [6.07, 6.45) is 2.11. The Bertz CT molecular complexity index is 584. The Morgan fingerprint density at radius 1 is 1.32 bits per heavy atom. The smallest absolute Gasteiger partial charge is 0.331 e. The summed E-state index contributed by atoms with van der Waals surface area (Å²) < 4.78 is 18.1. The van der Waals surface area contributed by atoms with Crippen molar-refractivity contribution in [1.82, 2.24) is 10.6 Å². The number of hydrogen-bond donors (Lipinski definition) is 2. The molecule has 0 bridgehead atoms. The predicted octanol–water partition coefficient (Wildman–Crippen LogP) is 0.898. The molecule has 0 aliphatic carbocycles. The Morgan fingerprint density at radius 3 is 2.68 bits per heavy atom. The molecule has 0 aromatic heterocycles. The van der Waals surface area contributed by atoms with Crippen LogP contribution in [0.15, 0.2) is 24.3 Å². The van der Waals surface area contributed by atoms with Crippen LogP contribution in [0, 0.1) is 5.82 Å². The quantitative estimate of drug-likeness (QED) is 0.600. The minimum Gasteiger partial charge on any atom is -0.452 e. The number of carbonyl (C=O) groups is 3. The lowest BCUT2D eigenvalue weighted by atomic mass is 10.2. The van der Waals surface area contributed by atoms with Gasteiger partial charge in [-0.15, -0.1) is 0 Å². The highest BCUT2D eigenvalue weighted by Crippen LogP contribution is 2.20. The van der Waals surface area contributed by atoms with Crippen molar-refractivity contribution < 1.29 is 23.5 Å². The highest BCUT2D eigenvalue weighted by Gasteiger charge is 2.08. The molecule has 0 spiro atoms. The maximum absolute atomic E-state index is 13.4. The summed E-state index contributed by atoms with van der Waals surface area (Å²) >= 11 is 5.78. The van der Waals surface area contributed by atoms with E-state index in [0.29, 0.717) is 0 Å². The fourth-order valence-corrected chi connectivity index (χ4v) is 1.55. The van der Waals surface area contributed by atoms with Crippen LogP contribution >= 0.6 is 11.6 Å². The maximum atomic E-state index is 13.4. The van der Waals surface area contributed by atoms with Crippen LogP contribution in [0.4, 0.5) is 4.39 Å². The van der Waals surface area contributed by atoms with Crippen LogP contribution in [0.25, 0.3) is 6.08 Å². The number of rotatable bonds is 6. The van der Waals surface area contributed by atoms with Crippen molar-refractivity contribution in [2.75, 3.05) is 20.2 Å². The van der Waals surface area contributed by atoms with E-state index < -0.39 is 24.3 Å². The van der Waals surface area contributed by atoms with Gasteiger partial charge in [0.1, 0.15) is 5.82 Å². The van der Waals surface area contributed by atoms with Crippen molar-refractivity contribution in [2.24, 2.45) is 0 Å². The monoisotopic (exact) mass is 328 g/mol. The summed E-state index contributed by atoms with van der Waals surface area (Å²) in [5, 5.41) is 4.71. The van der Waals surface area contributed by atoms with E-state index >= 15 is 0 Å². The van der Waals surface area contributed by atoms with E-state index in [0.717, 1.165) is 12.2 Å². The summed E-state index contributed by atoms with van der Waals surface area (Å²) in [6.45, 7) is -0.765. The van der Waals surface area contributed by atoms with Gasteiger partial charge in [-0.25, -0.2) is 9.18 Å². The van der Waals surface area contributed by atoms with Crippen molar-refractivity contribution >= 4 is 35.5 Å². The third-order valence-electron chi connectivity index (χ3n) is 2.46. The first-order valence-corrected chi connectivity index (χ1v) is 6.58. The van der Waals surface area contributed by atoms with Crippen LogP contribution in [0.1, 0.15) is 5.56 Å². The van der Waals surface area contributed by atoms with Crippen LogP contribution in [0.3, 0.4) is 0 Å². The number of hydrogen-bond acceptors (Lipinski definition) is 4. The Balaban J connectivity index is 2.45. The van der Waals surface area contributed by atoms with Gasteiger partial charge in [-0.1, -0.05) is 17.7 Å². The SMILES string of the molecule is CNC(=O)CNC(=O)COC(=O)/C=C/c1c(F)cccc1Cl. The number of benzene rings is 1. The molecule has 0 heterocycles. The lowest BCUT2D eigenvalue weighted by Gasteiger charge is -2.04. The van der Waals surface area contributed by atoms with Gasteiger partial charge < -0.3 is 15.4 Å². The van der Waals surface area contributed by atoms with Gasteiger partial charge in [0.05, 0.1) is 11.6 Å². The molecule has 0 saturated heterocycles. The number of carbonyl (C=O) groups excluding carboxylic acids is 3. The molecule has 1 aromatic carbocycles. The number of amides is 2. The number of nitrogens with one attached hydrogen (secondary N) is 2. The van der Waals surface area contributed by atoms with Crippen molar-refractivity contribution in [1.29, 1.82) is 0 Å². The zero-order valence-electron chi connectivity index (χ0n) is 11.7. The topological polar surface area (TPSA) is 84.5 Å². The van der Waals surface area contributed by atoms with Crippen LogP contribution in [-0.4, -0.2) is 38.0 Å². The molecule has 0 unspecified atom stereocenters. The third-order valence-corrected chi connectivity index (χ3v) is 2.79. The van der Waals surface area contributed by atoms with Crippen molar-refractivity contribution in [3.63, 3.8) is 0 Å². The fourth-order valence-electron chi connectivity index (χ4n) is 1.32. The minimum absolute atomic E-state index is 0.0465. The fraction of sp³-hybridized carbons (Fsp3) is 0.214. The van der Waals surface area contributed by atoms with E-state index in [9.17, 15) is 18.8 Å². The zero-order valence-corrected chi connectivity index (χ0v) is 12.4. The van der Waals surface area contributed by atoms with E-state index in [4.69, 9.17) is 11.6 Å². The number of esters is 1.